The van der Waals surface area contributed by atoms with E-state index in [1.165, 1.54) is 34.4 Å². The molecule has 3 aliphatic carbocycles. The van der Waals surface area contributed by atoms with Crippen molar-refractivity contribution in [3.05, 3.63) is 28.9 Å². The van der Waals surface area contributed by atoms with E-state index in [1.807, 2.05) is 11.3 Å². The molecule has 0 aromatic carbocycles. The molecule has 106 valence electrons. The Morgan fingerprint density at radius 1 is 1.29 bits per heavy atom. The minimum Gasteiger partial charge on any atom is -0.261 e. The Labute approximate surface area is 127 Å². The van der Waals surface area contributed by atoms with Crippen LogP contribution >= 0.6 is 11.3 Å². The number of nitrogens with zero attached hydrogens (tertiary/aromatic N) is 3. The molecule has 2 heterocycles. The minimum atomic E-state index is 0.642. The van der Waals surface area contributed by atoms with Gasteiger partial charge in [0, 0.05) is 16.5 Å². The molecule has 0 aliphatic heterocycles. The monoisotopic (exact) mass is 296 g/mol. The molecule has 3 aliphatic rings. The first kappa shape index (κ1) is 11.9. The molecule has 5 heteroatoms. The predicted octanol–water partition coefficient (Wildman–Crippen LogP) is 3.54. The Kier molecular flexibility index (Phi) is 2.47. The molecule has 0 unspecified atom stereocenters. The second kappa shape index (κ2) is 4.37. The Balaban J connectivity index is 1.49. The van der Waals surface area contributed by atoms with Gasteiger partial charge in [-0.15, -0.1) is 11.3 Å². The summed E-state index contributed by atoms with van der Waals surface area (Å²) >= 11 is 1.82. The van der Waals surface area contributed by atoms with E-state index in [2.05, 4.69) is 32.6 Å². The zero-order valence-electron chi connectivity index (χ0n) is 11.7. The van der Waals surface area contributed by atoms with Crippen LogP contribution in [0.1, 0.15) is 29.7 Å². The highest BCUT2D eigenvalue weighted by molar-refractivity contribution is 7.19. The van der Waals surface area contributed by atoms with Crippen LogP contribution in [0.3, 0.4) is 0 Å². The summed E-state index contributed by atoms with van der Waals surface area (Å²) in [5.74, 6) is 2.27. The van der Waals surface area contributed by atoms with Crippen molar-refractivity contribution in [1.29, 1.82) is 0 Å². The summed E-state index contributed by atoms with van der Waals surface area (Å²) in [4.78, 5) is 11.5. The van der Waals surface area contributed by atoms with Gasteiger partial charge >= 0.3 is 0 Å². The number of nitrogens with one attached hydrogen (secondary N) is 1. The van der Waals surface area contributed by atoms with Crippen molar-refractivity contribution in [2.45, 2.75) is 32.1 Å². The number of allylic oxidation sites excluding steroid dienone is 2. The first-order valence-electron chi connectivity index (χ1n) is 7.64. The van der Waals surface area contributed by atoms with Crippen molar-refractivity contribution < 1.29 is 0 Å². The molecule has 0 bridgehead atoms. The average molecular weight is 296 g/mol. The molecule has 0 radical (unpaired) electrons. The summed E-state index contributed by atoms with van der Waals surface area (Å²) in [5.41, 5.74) is 5.98. The second-order valence-electron chi connectivity index (χ2n) is 6.11. The largest absolute Gasteiger partial charge is 0.261 e. The van der Waals surface area contributed by atoms with E-state index < -0.39 is 0 Å². The van der Waals surface area contributed by atoms with Crippen LogP contribution in [0.25, 0.3) is 10.2 Å². The second-order valence-corrected chi connectivity index (χ2v) is 7.20. The van der Waals surface area contributed by atoms with E-state index in [-0.39, 0.29) is 0 Å². The van der Waals surface area contributed by atoms with Gasteiger partial charge < -0.3 is 0 Å². The zero-order chi connectivity index (χ0) is 13.8. The number of aryl methyl sites for hydroxylation is 2. The number of hydrazone groups is 1. The summed E-state index contributed by atoms with van der Waals surface area (Å²) < 4.78 is 0. The molecule has 21 heavy (non-hydrogen) atoms. The standard InChI is InChI=1S/C16H16N4S/c1-3-9-7-12(10(9)4-1)19-20-15-14-11-5-2-6-13(11)21-16(14)18-8-17-15/h1,3,8-10H,2,4-7H2,(H,17,18,20)/b19-12+/t9-,10-/m0/s1. The van der Waals surface area contributed by atoms with E-state index in [9.17, 15) is 0 Å². The number of anilines is 1. The van der Waals surface area contributed by atoms with Crippen LogP contribution in [0.5, 0.6) is 0 Å². The molecule has 4 nitrogen and oxygen atoms in total. The first-order valence-corrected chi connectivity index (χ1v) is 8.46. The topological polar surface area (TPSA) is 50.2 Å². The molecule has 0 amide bonds. The lowest BCUT2D eigenvalue weighted by atomic mass is 9.74. The molecule has 2 aromatic heterocycles. The number of rotatable bonds is 2. The summed E-state index contributed by atoms with van der Waals surface area (Å²) in [7, 11) is 0. The molecular weight excluding hydrogens is 280 g/mol. The lowest BCUT2D eigenvalue weighted by molar-refractivity contribution is 0.466. The van der Waals surface area contributed by atoms with Gasteiger partial charge in [0.15, 0.2) is 5.82 Å². The van der Waals surface area contributed by atoms with Gasteiger partial charge in [0.25, 0.3) is 0 Å². The first-order chi connectivity index (χ1) is 10.4. The number of hydrogen-bond acceptors (Lipinski definition) is 5. The van der Waals surface area contributed by atoms with Crippen LogP contribution in [-0.2, 0) is 12.8 Å². The van der Waals surface area contributed by atoms with Crippen molar-refractivity contribution in [3.63, 3.8) is 0 Å². The Hall–Kier alpha value is -1.75. The van der Waals surface area contributed by atoms with Crippen molar-refractivity contribution in [2.75, 3.05) is 5.43 Å². The van der Waals surface area contributed by atoms with Gasteiger partial charge in [0.1, 0.15) is 11.2 Å². The molecule has 0 spiro atoms. The molecule has 2 aromatic rings. The number of fused-ring (bicyclic) bond motifs is 4. The van der Waals surface area contributed by atoms with Gasteiger partial charge in [-0.3, -0.25) is 5.43 Å². The molecular formula is C16H16N4S. The number of aromatic nitrogens is 2. The molecule has 1 N–H and O–H groups in total. The van der Waals surface area contributed by atoms with Crippen LogP contribution in [0, 0.1) is 11.8 Å². The van der Waals surface area contributed by atoms with Gasteiger partial charge in [-0.25, -0.2) is 9.97 Å². The van der Waals surface area contributed by atoms with Gasteiger partial charge in [0.05, 0.1) is 5.39 Å². The SMILES string of the molecule is C1=C[C@H]2C/C(=N\Nc3ncnc4sc5c(c34)CCC5)[C@H]2C1. The lowest BCUT2D eigenvalue weighted by Gasteiger charge is -2.31. The quantitative estimate of drug-likeness (QED) is 0.681. The normalized spacial score (nSPS) is 27.9. The van der Waals surface area contributed by atoms with E-state index in [4.69, 9.17) is 0 Å². The van der Waals surface area contributed by atoms with Gasteiger partial charge in [-0.1, -0.05) is 12.2 Å². The van der Waals surface area contributed by atoms with Gasteiger partial charge in [0.2, 0.25) is 0 Å². The highest BCUT2D eigenvalue weighted by Crippen LogP contribution is 2.41. The highest BCUT2D eigenvalue weighted by atomic mass is 32.1. The zero-order valence-corrected chi connectivity index (χ0v) is 12.5. The van der Waals surface area contributed by atoms with E-state index >= 15 is 0 Å². The Morgan fingerprint density at radius 3 is 3.24 bits per heavy atom. The third-order valence-corrected chi connectivity index (χ3v) is 6.17. The molecule has 0 saturated heterocycles. The maximum Gasteiger partial charge on any atom is 0.158 e. The van der Waals surface area contributed by atoms with Gasteiger partial charge in [-0.2, -0.15) is 5.10 Å². The van der Waals surface area contributed by atoms with Crippen molar-refractivity contribution >= 4 is 33.1 Å². The third kappa shape index (κ3) is 1.70. The Morgan fingerprint density at radius 2 is 2.29 bits per heavy atom. The molecule has 5 rings (SSSR count). The number of hydrogen-bond donors (Lipinski definition) is 1. The highest BCUT2D eigenvalue weighted by Gasteiger charge is 2.38. The fourth-order valence-electron chi connectivity index (χ4n) is 3.80. The summed E-state index contributed by atoms with van der Waals surface area (Å²) in [6.07, 6.45) is 12.1. The summed E-state index contributed by atoms with van der Waals surface area (Å²) in [6, 6.07) is 0. The Bertz CT molecular complexity index is 789. The van der Waals surface area contributed by atoms with Crippen LogP contribution in [-0.4, -0.2) is 15.7 Å². The summed E-state index contributed by atoms with van der Waals surface area (Å²) in [6.45, 7) is 0. The average Bonchev–Trinajstić information content (AvgIpc) is 3.13. The molecule has 1 saturated carbocycles. The third-order valence-electron chi connectivity index (χ3n) is 4.97. The van der Waals surface area contributed by atoms with Crippen LogP contribution in [0.4, 0.5) is 5.82 Å². The van der Waals surface area contributed by atoms with Crippen molar-refractivity contribution in [2.24, 2.45) is 16.9 Å². The predicted molar refractivity (Wildman–Crippen MR) is 85.9 cm³/mol. The maximum absolute atomic E-state index is 4.64. The smallest absolute Gasteiger partial charge is 0.158 e. The van der Waals surface area contributed by atoms with E-state index in [1.54, 1.807) is 6.33 Å². The van der Waals surface area contributed by atoms with Gasteiger partial charge in [-0.05, 0) is 43.6 Å². The summed E-state index contributed by atoms with van der Waals surface area (Å²) in [5, 5.41) is 5.85. The van der Waals surface area contributed by atoms with Crippen LogP contribution < -0.4 is 5.43 Å². The maximum atomic E-state index is 4.64. The van der Waals surface area contributed by atoms with Crippen LogP contribution in [0.2, 0.25) is 0 Å². The fraction of sp³-hybridized carbons (Fsp3) is 0.438. The van der Waals surface area contributed by atoms with Crippen LogP contribution in [0.15, 0.2) is 23.6 Å². The minimum absolute atomic E-state index is 0.642. The van der Waals surface area contributed by atoms with E-state index in [0.29, 0.717) is 5.92 Å². The van der Waals surface area contributed by atoms with Crippen molar-refractivity contribution in [3.8, 4) is 0 Å². The van der Waals surface area contributed by atoms with E-state index in [0.717, 1.165) is 35.8 Å². The fourth-order valence-corrected chi connectivity index (χ4v) is 5.03. The number of thiophene rings is 1. The lowest BCUT2D eigenvalue weighted by Crippen LogP contribution is -2.33. The molecule has 2 atom stereocenters. The molecule has 1 fully saturated rings. The van der Waals surface area contributed by atoms with Crippen molar-refractivity contribution in [1.82, 2.24) is 9.97 Å².